The first-order chi connectivity index (χ1) is 17.5. The summed E-state index contributed by atoms with van der Waals surface area (Å²) in [5, 5.41) is 12.9. The van der Waals surface area contributed by atoms with Gasteiger partial charge in [-0.2, -0.15) is 5.26 Å². The minimum absolute atomic E-state index is 0.150. The van der Waals surface area contributed by atoms with E-state index in [-0.39, 0.29) is 5.56 Å². The summed E-state index contributed by atoms with van der Waals surface area (Å²) in [6.45, 7) is -0.527. The number of amides is 3. The van der Waals surface area contributed by atoms with E-state index in [2.05, 4.69) is 5.32 Å². The van der Waals surface area contributed by atoms with Crippen molar-refractivity contribution in [3.8, 4) is 6.07 Å². The zero-order valence-corrected chi connectivity index (χ0v) is 18.7. The Morgan fingerprint density at radius 3 is 2.14 bits per heavy atom. The van der Waals surface area contributed by atoms with Crippen molar-refractivity contribution in [2.45, 2.75) is 0 Å². The van der Waals surface area contributed by atoms with Crippen LogP contribution in [0.25, 0.3) is 10.8 Å². The Morgan fingerprint density at radius 1 is 0.861 bits per heavy atom. The standard InChI is InChI=1S/C28H17N3O5/c29-15-17-4-1-7-20(14-17)30-24(32)16-36-28(35)19-10-12-21(13-11-19)31-26(33)22-8-2-5-18-6-3-9-23(25(18)22)27(31)34/h1-14H,16H2,(H,30,32). The predicted molar refractivity (Wildman–Crippen MR) is 132 cm³/mol. The van der Waals surface area contributed by atoms with Crippen LogP contribution in [0.3, 0.4) is 0 Å². The van der Waals surface area contributed by atoms with Gasteiger partial charge in [-0.15, -0.1) is 0 Å². The Balaban J connectivity index is 1.28. The van der Waals surface area contributed by atoms with Gasteiger partial charge in [-0.3, -0.25) is 14.4 Å². The molecule has 0 bridgehead atoms. The molecule has 0 fully saturated rings. The summed E-state index contributed by atoms with van der Waals surface area (Å²) in [5.41, 5.74) is 2.11. The third-order valence-electron chi connectivity index (χ3n) is 5.74. The second-order valence-electron chi connectivity index (χ2n) is 8.02. The number of nitrogens with one attached hydrogen (secondary N) is 1. The number of carbonyl (C=O) groups is 4. The van der Waals surface area contributed by atoms with Gasteiger partial charge < -0.3 is 10.1 Å². The molecule has 8 nitrogen and oxygen atoms in total. The Bertz CT molecular complexity index is 1550. The van der Waals surface area contributed by atoms with Gasteiger partial charge in [-0.05, 0) is 60.0 Å². The number of hydrogen-bond acceptors (Lipinski definition) is 6. The minimum atomic E-state index is -0.742. The number of imide groups is 1. The minimum Gasteiger partial charge on any atom is -0.452 e. The number of anilines is 2. The van der Waals surface area contributed by atoms with Crippen molar-refractivity contribution in [2.75, 3.05) is 16.8 Å². The fraction of sp³-hybridized carbons (Fsp3) is 0.0357. The van der Waals surface area contributed by atoms with Crippen molar-refractivity contribution >= 4 is 45.8 Å². The van der Waals surface area contributed by atoms with E-state index in [1.807, 2.05) is 18.2 Å². The van der Waals surface area contributed by atoms with Gasteiger partial charge in [-0.1, -0.05) is 30.3 Å². The molecule has 0 atom stereocenters. The summed E-state index contributed by atoms with van der Waals surface area (Å²) in [5.74, 6) is -2.20. The zero-order chi connectivity index (χ0) is 25.2. The van der Waals surface area contributed by atoms with Crippen molar-refractivity contribution in [2.24, 2.45) is 0 Å². The highest BCUT2D eigenvalue weighted by Gasteiger charge is 2.33. The summed E-state index contributed by atoms with van der Waals surface area (Å²) in [4.78, 5) is 51.9. The number of carbonyl (C=O) groups excluding carboxylic acids is 4. The van der Waals surface area contributed by atoms with Gasteiger partial charge in [-0.25, -0.2) is 9.69 Å². The van der Waals surface area contributed by atoms with E-state index in [9.17, 15) is 19.2 Å². The first-order valence-electron chi connectivity index (χ1n) is 10.9. The lowest BCUT2D eigenvalue weighted by Gasteiger charge is -2.27. The van der Waals surface area contributed by atoms with Crippen molar-refractivity contribution < 1.29 is 23.9 Å². The van der Waals surface area contributed by atoms with Gasteiger partial charge in [0.05, 0.1) is 22.9 Å². The summed E-state index contributed by atoms with van der Waals surface area (Å²) in [7, 11) is 0. The first kappa shape index (κ1) is 22.5. The van der Waals surface area contributed by atoms with Crippen LogP contribution in [-0.2, 0) is 9.53 Å². The molecule has 0 aromatic heterocycles. The zero-order valence-electron chi connectivity index (χ0n) is 18.7. The highest BCUT2D eigenvalue weighted by atomic mass is 16.5. The number of hydrogen-bond donors (Lipinski definition) is 1. The Kier molecular flexibility index (Phi) is 5.72. The molecule has 0 saturated heterocycles. The summed E-state index contributed by atoms with van der Waals surface area (Å²) in [6, 6.07) is 24.7. The summed E-state index contributed by atoms with van der Waals surface area (Å²) < 4.78 is 5.07. The first-order valence-corrected chi connectivity index (χ1v) is 10.9. The summed E-state index contributed by atoms with van der Waals surface area (Å²) >= 11 is 0. The molecule has 174 valence electrons. The maximum atomic E-state index is 13.2. The molecular weight excluding hydrogens is 458 g/mol. The van der Waals surface area contributed by atoms with Crippen molar-refractivity contribution in [3.63, 3.8) is 0 Å². The second kappa shape index (κ2) is 9.16. The molecule has 1 N–H and O–H groups in total. The molecule has 0 spiro atoms. The molecule has 3 amide bonds. The van der Waals surface area contributed by atoms with Crippen molar-refractivity contribution in [3.05, 3.63) is 107 Å². The molecule has 1 aliphatic heterocycles. The van der Waals surface area contributed by atoms with E-state index in [0.29, 0.717) is 33.5 Å². The maximum absolute atomic E-state index is 13.2. The van der Waals surface area contributed by atoms with E-state index in [1.165, 1.54) is 30.3 Å². The largest absolute Gasteiger partial charge is 0.452 e. The average Bonchev–Trinajstić information content (AvgIpc) is 2.91. The molecule has 36 heavy (non-hydrogen) atoms. The molecule has 0 unspecified atom stereocenters. The third kappa shape index (κ3) is 4.06. The Labute approximate surface area is 205 Å². The van der Waals surface area contributed by atoms with Gasteiger partial charge >= 0.3 is 5.97 Å². The van der Waals surface area contributed by atoms with E-state index in [4.69, 9.17) is 10.00 Å². The van der Waals surface area contributed by atoms with E-state index in [0.717, 1.165) is 10.3 Å². The fourth-order valence-electron chi connectivity index (χ4n) is 4.09. The lowest BCUT2D eigenvalue weighted by molar-refractivity contribution is -0.119. The number of nitrogens with zero attached hydrogens (tertiary/aromatic N) is 2. The maximum Gasteiger partial charge on any atom is 0.338 e. The number of ether oxygens (including phenoxy) is 1. The molecule has 0 radical (unpaired) electrons. The van der Waals surface area contributed by atoms with Crippen molar-refractivity contribution in [1.29, 1.82) is 5.26 Å². The van der Waals surface area contributed by atoms with Gasteiger partial charge in [0.25, 0.3) is 17.7 Å². The Morgan fingerprint density at radius 2 is 1.50 bits per heavy atom. The average molecular weight is 475 g/mol. The van der Waals surface area contributed by atoms with Crippen molar-refractivity contribution in [1.82, 2.24) is 0 Å². The van der Waals surface area contributed by atoms with Crippen LogP contribution in [0.2, 0.25) is 0 Å². The van der Waals surface area contributed by atoms with Crippen LogP contribution < -0.4 is 10.2 Å². The normalized spacial score (nSPS) is 12.2. The van der Waals surface area contributed by atoms with Gasteiger partial charge in [0.2, 0.25) is 0 Å². The van der Waals surface area contributed by atoms with Gasteiger partial charge in [0.1, 0.15) is 0 Å². The van der Waals surface area contributed by atoms with E-state index < -0.39 is 30.3 Å². The van der Waals surface area contributed by atoms with Gasteiger partial charge in [0.15, 0.2) is 6.61 Å². The smallest absolute Gasteiger partial charge is 0.338 e. The van der Waals surface area contributed by atoms with Crippen LogP contribution in [0.15, 0.2) is 84.9 Å². The monoisotopic (exact) mass is 475 g/mol. The van der Waals surface area contributed by atoms with Crippen LogP contribution in [-0.4, -0.2) is 30.3 Å². The van der Waals surface area contributed by atoms with E-state index >= 15 is 0 Å². The molecule has 1 heterocycles. The topological polar surface area (TPSA) is 117 Å². The molecular formula is C28H17N3O5. The summed E-state index contributed by atoms with van der Waals surface area (Å²) in [6.07, 6.45) is 0. The van der Waals surface area contributed by atoms with Crippen LogP contribution in [0.1, 0.15) is 36.6 Å². The third-order valence-corrected chi connectivity index (χ3v) is 5.74. The molecule has 4 aromatic carbocycles. The highest BCUT2D eigenvalue weighted by molar-refractivity contribution is 6.35. The molecule has 1 aliphatic rings. The molecule has 0 aliphatic carbocycles. The number of nitriles is 1. The second-order valence-corrected chi connectivity index (χ2v) is 8.02. The molecule has 0 saturated carbocycles. The number of benzene rings is 4. The van der Waals surface area contributed by atoms with Crippen LogP contribution in [0.5, 0.6) is 0 Å². The Hall–Kier alpha value is -5.29. The fourth-order valence-corrected chi connectivity index (χ4v) is 4.09. The lowest BCUT2D eigenvalue weighted by atomic mass is 9.94. The quantitative estimate of drug-likeness (QED) is 0.340. The van der Waals surface area contributed by atoms with Crippen LogP contribution in [0, 0.1) is 11.3 Å². The molecule has 8 heteroatoms. The number of esters is 1. The van der Waals surface area contributed by atoms with Gasteiger partial charge in [0, 0.05) is 22.2 Å². The van der Waals surface area contributed by atoms with Crippen LogP contribution in [0.4, 0.5) is 11.4 Å². The van der Waals surface area contributed by atoms with Crippen LogP contribution >= 0.6 is 0 Å². The molecule has 4 aromatic rings. The predicted octanol–water partition coefficient (Wildman–Crippen LogP) is 4.31. The SMILES string of the molecule is N#Cc1cccc(NC(=O)COC(=O)c2ccc(N3C(=O)c4cccc5cccc(c45)C3=O)cc2)c1. The van der Waals surface area contributed by atoms with E-state index in [1.54, 1.807) is 42.5 Å². The highest BCUT2D eigenvalue weighted by Crippen LogP contribution is 2.32. The lowest BCUT2D eigenvalue weighted by Crippen LogP contribution is -2.40. The molecule has 5 rings (SSSR count). The number of rotatable bonds is 5.